The van der Waals surface area contributed by atoms with E-state index >= 15 is 0 Å². The van der Waals surface area contributed by atoms with Crippen LogP contribution in [0.5, 0.6) is 0 Å². The first-order chi connectivity index (χ1) is 9.13. The van der Waals surface area contributed by atoms with Crippen molar-refractivity contribution in [3.63, 3.8) is 0 Å². The van der Waals surface area contributed by atoms with Gasteiger partial charge in [0.15, 0.2) is 0 Å². The summed E-state index contributed by atoms with van der Waals surface area (Å²) in [5.74, 6) is -0.666. The van der Waals surface area contributed by atoms with Crippen LogP contribution in [0.1, 0.15) is 38.7 Å². The second kappa shape index (κ2) is 5.64. The smallest absolute Gasteiger partial charge is 0.311 e. The van der Waals surface area contributed by atoms with E-state index in [4.69, 9.17) is 0 Å². The van der Waals surface area contributed by atoms with Crippen molar-refractivity contribution in [2.24, 2.45) is 5.41 Å². The third-order valence-electron chi connectivity index (χ3n) is 4.51. The lowest BCUT2D eigenvalue weighted by Crippen LogP contribution is -2.44. The normalized spacial score (nSPS) is 15.2. The van der Waals surface area contributed by atoms with Gasteiger partial charge in [-0.15, -0.1) is 0 Å². The van der Waals surface area contributed by atoms with Crippen molar-refractivity contribution >= 4 is 11.7 Å². The lowest BCUT2D eigenvalue weighted by atomic mass is 9.81. The van der Waals surface area contributed by atoms with Crippen LogP contribution in [-0.2, 0) is 11.2 Å². The zero-order valence-corrected chi connectivity index (χ0v) is 11.9. The summed E-state index contributed by atoms with van der Waals surface area (Å²) in [4.78, 5) is 13.9. The Labute approximate surface area is 115 Å². The lowest BCUT2D eigenvalue weighted by molar-refractivity contribution is -0.148. The number of hydrogen-bond donors (Lipinski definition) is 1. The molecule has 0 fully saturated rings. The predicted octanol–water partition coefficient (Wildman–Crippen LogP) is 3.33. The Morgan fingerprint density at radius 1 is 1.32 bits per heavy atom. The van der Waals surface area contributed by atoms with E-state index in [-0.39, 0.29) is 0 Å². The van der Waals surface area contributed by atoms with E-state index in [0.717, 1.165) is 19.4 Å². The molecule has 1 N–H and O–H groups in total. The molecule has 1 aromatic rings. The Hall–Kier alpha value is -1.51. The number of nitrogens with zero attached hydrogens (tertiary/aromatic N) is 1. The molecular weight excluding hydrogens is 238 g/mol. The zero-order chi connectivity index (χ0) is 13.9. The Bertz CT molecular complexity index is 452. The third-order valence-corrected chi connectivity index (χ3v) is 4.51. The van der Waals surface area contributed by atoms with E-state index in [9.17, 15) is 9.90 Å². The number of carboxylic acids is 1. The summed E-state index contributed by atoms with van der Waals surface area (Å²) in [6.45, 7) is 5.54. The Kier molecular flexibility index (Phi) is 4.13. The highest BCUT2D eigenvalue weighted by Crippen LogP contribution is 2.33. The highest BCUT2D eigenvalue weighted by molar-refractivity contribution is 5.75. The van der Waals surface area contributed by atoms with E-state index in [1.165, 1.54) is 11.3 Å². The SMILES string of the molecule is CCC(CC)(CN1CCCc2ccccc21)C(=O)O. The minimum Gasteiger partial charge on any atom is -0.481 e. The van der Waals surface area contributed by atoms with Gasteiger partial charge in [0.05, 0.1) is 5.41 Å². The molecule has 0 aromatic heterocycles. The van der Waals surface area contributed by atoms with Gasteiger partial charge in [-0.05, 0) is 37.3 Å². The average Bonchev–Trinajstić information content (AvgIpc) is 2.44. The van der Waals surface area contributed by atoms with Crippen LogP contribution in [0.4, 0.5) is 5.69 Å². The molecule has 1 aromatic carbocycles. The molecule has 0 saturated carbocycles. The summed E-state index contributed by atoms with van der Waals surface area (Å²) >= 11 is 0. The van der Waals surface area contributed by atoms with E-state index in [1.54, 1.807) is 0 Å². The number of fused-ring (bicyclic) bond motifs is 1. The lowest BCUT2D eigenvalue weighted by Gasteiger charge is -2.38. The summed E-state index contributed by atoms with van der Waals surface area (Å²) in [6.07, 6.45) is 3.57. The topological polar surface area (TPSA) is 40.5 Å². The molecule has 0 spiro atoms. The first-order valence-corrected chi connectivity index (χ1v) is 7.19. The number of benzene rings is 1. The standard InChI is InChI=1S/C16H23NO2/c1-3-16(4-2,15(18)19)12-17-11-7-9-13-8-5-6-10-14(13)17/h5-6,8,10H,3-4,7,9,11-12H2,1-2H3,(H,18,19). The van der Waals surface area contributed by atoms with Gasteiger partial charge in [-0.3, -0.25) is 4.79 Å². The van der Waals surface area contributed by atoms with Crippen molar-refractivity contribution in [2.45, 2.75) is 39.5 Å². The van der Waals surface area contributed by atoms with Gasteiger partial charge in [-0.2, -0.15) is 0 Å². The Morgan fingerprint density at radius 3 is 2.63 bits per heavy atom. The van der Waals surface area contributed by atoms with E-state index in [1.807, 2.05) is 19.9 Å². The van der Waals surface area contributed by atoms with Crippen LogP contribution in [0, 0.1) is 5.41 Å². The molecule has 19 heavy (non-hydrogen) atoms. The molecule has 1 aliphatic rings. The van der Waals surface area contributed by atoms with Crippen molar-refractivity contribution in [3.05, 3.63) is 29.8 Å². The minimum atomic E-state index is -0.666. The second-order valence-electron chi connectivity index (χ2n) is 5.45. The minimum absolute atomic E-state index is 0.617. The fourth-order valence-corrected chi connectivity index (χ4v) is 2.98. The van der Waals surface area contributed by atoms with Crippen LogP contribution in [0.15, 0.2) is 24.3 Å². The van der Waals surface area contributed by atoms with Gasteiger partial charge >= 0.3 is 5.97 Å². The number of rotatable bonds is 5. The summed E-state index contributed by atoms with van der Waals surface area (Å²) in [5, 5.41) is 9.58. The van der Waals surface area contributed by atoms with Gasteiger partial charge in [0, 0.05) is 18.8 Å². The van der Waals surface area contributed by atoms with Gasteiger partial charge in [0.2, 0.25) is 0 Å². The molecular formula is C16H23NO2. The zero-order valence-electron chi connectivity index (χ0n) is 11.9. The van der Waals surface area contributed by atoms with Crippen molar-refractivity contribution in [2.75, 3.05) is 18.0 Å². The quantitative estimate of drug-likeness (QED) is 0.883. The number of aryl methyl sites for hydroxylation is 1. The monoisotopic (exact) mass is 261 g/mol. The van der Waals surface area contributed by atoms with E-state index in [2.05, 4.69) is 23.1 Å². The Balaban J connectivity index is 2.26. The highest BCUT2D eigenvalue weighted by Gasteiger charge is 2.37. The molecule has 3 nitrogen and oxygen atoms in total. The van der Waals surface area contributed by atoms with Gasteiger partial charge < -0.3 is 10.0 Å². The molecule has 0 unspecified atom stereocenters. The van der Waals surface area contributed by atoms with E-state index in [0.29, 0.717) is 19.4 Å². The van der Waals surface area contributed by atoms with Crippen LogP contribution in [0.3, 0.4) is 0 Å². The van der Waals surface area contributed by atoms with Crippen LogP contribution in [-0.4, -0.2) is 24.2 Å². The summed E-state index contributed by atoms with van der Waals surface area (Å²) in [7, 11) is 0. The highest BCUT2D eigenvalue weighted by atomic mass is 16.4. The van der Waals surface area contributed by atoms with Crippen molar-refractivity contribution in [3.8, 4) is 0 Å². The maximum Gasteiger partial charge on any atom is 0.311 e. The molecule has 1 aliphatic heterocycles. The molecule has 0 atom stereocenters. The van der Waals surface area contributed by atoms with Gasteiger partial charge in [0.1, 0.15) is 0 Å². The van der Waals surface area contributed by atoms with Crippen molar-refractivity contribution in [1.29, 1.82) is 0 Å². The van der Waals surface area contributed by atoms with Gasteiger partial charge in [-0.1, -0.05) is 32.0 Å². The molecule has 104 valence electrons. The molecule has 3 heteroatoms. The average molecular weight is 261 g/mol. The maximum absolute atomic E-state index is 11.6. The number of hydrogen-bond acceptors (Lipinski definition) is 2. The van der Waals surface area contributed by atoms with Gasteiger partial charge in [-0.25, -0.2) is 0 Å². The first-order valence-electron chi connectivity index (χ1n) is 7.19. The van der Waals surface area contributed by atoms with Crippen LogP contribution >= 0.6 is 0 Å². The number of carboxylic acid groups (broad SMARTS) is 1. The van der Waals surface area contributed by atoms with Crippen LogP contribution in [0.2, 0.25) is 0 Å². The van der Waals surface area contributed by atoms with E-state index < -0.39 is 11.4 Å². The molecule has 0 aliphatic carbocycles. The van der Waals surface area contributed by atoms with Crippen molar-refractivity contribution < 1.29 is 9.90 Å². The Morgan fingerprint density at radius 2 is 2.00 bits per heavy atom. The first kappa shape index (κ1) is 13.9. The largest absolute Gasteiger partial charge is 0.481 e. The maximum atomic E-state index is 11.6. The molecule has 2 rings (SSSR count). The number of anilines is 1. The summed E-state index contributed by atoms with van der Waals surface area (Å²) in [5.41, 5.74) is 1.95. The fraction of sp³-hybridized carbons (Fsp3) is 0.562. The van der Waals surface area contributed by atoms with Crippen LogP contribution in [0.25, 0.3) is 0 Å². The fourth-order valence-electron chi connectivity index (χ4n) is 2.98. The summed E-state index contributed by atoms with van der Waals surface area (Å²) in [6, 6.07) is 8.37. The second-order valence-corrected chi connectivity index (χ2v) is 5.45. The molecule has 0 bridgehead atoms. The third kappa shape index (κ3) is 2.60. The number of para-hydroxylation sites is 1. The van der Waals surface area contributed by atoms with Gasteiger partial charge in [0.25, 0.3) is 0 Å². The van der Waals surface area contributed by atoms with Crippen molar-refractivity contribution in [1.82, 2.24) is 0 Å². The molecule has 0 saturated heterocycles. The predicted molar refractivity (Wildman–Crippen MR) is 77.6 cm³/mol. The number of carbonyl (C=O) groups is 1. The molecule has 0 radical (unpaired) electrons. The summed E-state index contributed by atoms with van der Waals surface area (Å²) < 4.78 is 0. The number of aliphatic carboxylic acids is 1. The molecule has 1 heterocycles. The van der Waals surface area contributed by atoms with Crippen LogP contribution < -0.4 is 4.90 Å². The molecule has 0 amide bonds.